The highest BCUT2D eigenvalue weighted by Gasteiger charge is 2.27. The summed E-state index contributed by atoms with van der Waals surface area (Å²) in [6, 6.07) is 5.89. The van der Waals surface area contributed by atoms with Gasteiger partial charge in [-0.15, -0.1) is 0 Å². The van der Waals surface area contributed by atoms with E-state index in [-0.39, 0.29) is 18.5 Å². The summed E-state index contributed by atoms with van der Waals surface area (Å²) in [5.41, 5.74) is 7.21. The van der Waals surface area contributed by atoms with Gasteiger partial charge >= 0.3 is 5.97 Å². The number of aliphatic carboxylic acids is 1. The van der Waals surface area contributed by atoms with Crippen LogP contribution in [0.3, 0.4) is 0 Å². The van der Waals surface area contributed by atoms with Crippen LogP contribution in [0.5, 0.6) is 11.5 Å². The molecule has 2 unspecified atom stereocenters. The first kappa shape index (κ1) is 12.3. The van der Waals surface area contributed by atoms with E-state index >= 15 is 0 Å². The van der Waals surface area contributed by atoms with Crippen LogP contribution in [0.15, 0.2) is 18.2 Å². The molecule has 1 aromatic carbocycles. The lowest BCUT2D eigenvalue weighted by Crippen LogP contribution is -2.32. The lowest BCUT2D eigenvalue weighted by molar-refractivity contribution is -0.137. The molecule has 2 aliphatic rings. The average Bonchev–Trinajstić information content (AvgIpc) is 2.86. The molecule has 0 saturated carbocycles. The Morgan fingerprint density at radius 3 is 2.84 bits per heavy atom. The molecule has 0 amide bonds. The molecule has 2 aliphatic heterocycles. The van der Waals surface area contributed by atoms with E-state index in [1.54, 1.807) is 0 Å². The van der Waals surface area contributed by atoms with Crippen molar-refractivity contribution >= 4 is 5.97 Å². The number of hydrogen-bond donors (Lipinski definition) is 3. The number of hydrogen-bond acceptors (Lipinski definition) is 5. The van der Waals surface area contributed by atoms with Crippen LogP contribution < -0.4 is 20.3 Å². The van der Waals surface area contributed by atoms with E-state index in [4.69, 9.17) is 14.6 Å². The van der Waals surface area contributed by atoms with Gasteiger partial charge in [-0.05, 0) is 24.1 Å². The molecular formula is C13H16N2O4. The monoisotopic (exact) mass is 264 g/mol. The summed E-state index contributed by atoms with van der Waals surface area (Å²) in [5, 5.41) is 8.78. The lowest BCUT2D eigenvalue weighted by Gasteiger charge is -2.20. The van der Waals surface area contributed by atoms with Gasteiger partial charge in [-0.1, -0.05) is 6.07 Å². The van der Waals surface area contributed by atoms with Crippen molar-refractivity contribution in [3.05, 3.63) is 23.8 Å². The highest BCUT2D eigenvalue weighted by atomic mass is 16.6. The summed E-state index contributed by atoms with van der Waals surface area (Å²) in [5.74, 6) is 0.734. The number of carbonyl (C=O) groups is 1. The van der Waals surface area contributed by atoms with Crippen molar-refractivity contribution in [2.24, 2.45) is 0 Å². The molecule has 1 aromatic rings. The third kappa shape index (κ3) is 2.64. The van der Waals surface area contributed by atoms with E-state index in [1.807, 2.05) is 18.2 Å². The van der Waals surface area contributed by atoms with Crippen LogP contribution in [-0.2, 0) is 4.79 Å². The van der Waals surface area contributed by atoms with Gasteiger partial charge in [0.25, 0.3) is 0 Å². The van der Waals surface area contributed by atoms with Crippen LogP contribution >= 0.6 is 0 Å². The number of rotatable bonds is 3. The zero-order valence-corrected chi connectivity index (χ0v) is 10.4. The van der Waals surface area contributed by atoms with Crippen molar-refractivity contribution < 1.29 is 19.4 Å². The van der Waals surface area contributed by atoms with Crippen LogP contribution in [0.2, 0.25) is 0 Å². The molecule has 0 aliphatic carbocycles. The number of carboxylic acid groups (broad SMARTS) is 1. The zero-order valence-electron chi connectivity index (χ0n) is 10.4. The van der Waals surface area contributed by atoms with E-state index in [2.05, 4.69) is 10.9 Å². The molecule has 2 atom stereocenters. The van der Waals surface area contributed by atoms with Gasteiger partial charge in [0.05, 0.1) is 6.42 Å². The third-order valence-electron chi connectivity index (χ3n) is 3.37. The van der Waals surface area contributed by atoms with Crippen molar-refractivity contribution in [1.82, 2.24) is 10.9 Å². The molecule has 2 heterocycles. The third-order valence-corrected chi connectivity index (χ3v) is 3.37. The fraction of sp³-hybridized carbons (Fsp3) is 0.462. The molecule has 102 valence electrons. The van der Waals surface area contributed by atoms with Crippen LogP contribution in [0.4, 0.5) is 0 Å². The standard InChI is InChI=1S/C13H16N2O4/c16-13(17)7-9-6-10(15-14-9)8-1-2-11-12(5-8)19-4-3-18-11/h1-2,5,9-10,14-15H,3-4,6-7H2,(H,16,17). The Balaban J connectivity index is 1.71. The Bertz CT molecular complexity index is 492. The van der Waals surface area contributed by atoms with Crippen molar-refractivity contribution in [3.8, 4) is 11.5 Å². The first-order valence-corrected chi connectivity index (χ1v) is 6.35. The van der Waals surface area contributed by atoms with Gasteiger partial charge in [0.15, 0.2) is 11.5 Å². The lowest BCUT2D eigenvalue weighted by atomic mass is 10.00. The summed E-state index contributed by atoms with van der Waals surface area (Å²) >= 11 is 0. The summed E-state index contributed by atoms with van der Waals surface area (Å²) in [7, 11) is 0. The average molecular weight is 264 g/mol. The predicted molar refractivity (Wildman–Crippen MR) is 67.1 cm³/mol. The Morgan fingerprint density at radius 2 is 2.05 bits per heavy atom. The second-order valence-corrected chi connectivity index (χ2v) is 4.77. The Labute approximate surface area is 110 Å². The van der Waals surface area contributed by atoms with Gasteiger partial charge in [-0.25, -0.2) is 5.43 Å². The number of fused-ring (bicyclic) bond motifs is 1. The molecule has 6 heteroatoms. The summed E-state index contributed by atoms with van der Waals surface area (Å²) in [4.78, 5) is 10.7. The molecule has 0 bridgehead atoms. The normalized spacial score (nSPS) is 25.3. The zero-order chi connectivity index (χ0) is 13.2. The molecule has 3 rings (SSSR count). The van der Waals surface area contributed by atoms with Crippen LogP contribution in [0.1, 0.15) is 24.4 Å². The molecule has 0 radical (unpaired) electrons. The van der Waals surface area contributed by atoms with Crippen LogP contribution in [0.25, 0.3) is 0 Å². The van der Waals surface area contributed by atoms with Gasteiger partial charge in [0.2, 0.25) is 0 Å². The Hall–Kier alpha value is -1.79. The highest BCUT2D eigenvalue weighted by Crippen LogP contribution is 2.34. The van der Waals surface area contributed by atoms with E-state index in [1.165, 1.54) is 0 Å². The van der Waals surface area contributed by atoms with Gasteiger partial charge in [0, 0.05) is 12.1 Å². The van der Waals surface area contributed by atoms with Gasteiger partial charge in [-0.2, -0.15) is 0 Å². The van der Waals surface area contributed by atoms with E-state index in [0.717, 1.165) is 23.5 Å². The minimum atomic E-state index is -0.790. The largest absolute Gasteiger partial charge is 0.486 e. The molecule has 3 N–H and O–H groups in total. The van der Waals surface area contributed by atoms with Gasteiger partial charge < -0.3 is 14.6 Å². The van der Waals surface area contributed by atoms with Gasteiger partial charge in [-0.3, -0.25) is 10.2 Å². The molecule has 6 nitrogen and oxygen atoms in total. The van der Waals surface area contributed by atoms with Crippen LogP contribution in [-0.4, -0.2) is 30.3 Å². The number of hydrazine groups is 1. The van der Waals surface area contributed by atoms with Crippen molar-refractivity contribution in [1.29, 1.82) is 0 Å². The molecule has 0 aromatic heterocycles. The van der Waals surface area contributed by atoms with E-state index in [0.29, 0.717) is 13.2 Å². The SMILES string of the molecule is O=C(O)CC1CC(c2ccc3c(c2)OCCO3)NN1. The molecule has 1 saturated heterocycles. The number of carboxylic acids is 1. The second-order valence-electron chi connectivity index (χ2n) is 4.77. The van der Waals surface area contributed by atoms with Crippen molar-refractivity contribution in [3.63, 3.8) is 0 Å². The fourth-order valence-electron chi connectivity index (χ4n) is 2.46. The topological polar surface area (TPSA) is 79.8 Å². The maximum absolute atomic E-state index is 10.7. The summed E-state index contributed by atoms with van der Waals surface area (Å²) in [6.07, 6.45) is 0.861. The van der Waals surface area contributed by atoms with E-state index in [9.17, 15) is 4.79 Å². The smallest absolute Gasteiger partial charge is 0.304 e. The van der Waals surface area contributed by atoms with Crippen molar-refractivity contribution in [2.45, 2.75) is 24.9 Å². The predicted octanol–water partition coefficient (Wildman–Crippen LogP) is 0.840. The fourth-order valence-corrected chi connectivity index (χ4v) is 2.46. The first-order valence-electron chi connectivity index (χ1n) is 6.35. The number of ether oxygens (including phenoxy) is 2. The molecular weight excluding hydrogens is 248 g/mol. The van der Waals surface area contributed by atoms with Crippen LogP contribution in [0, 0.1) is 0 Å². The summed E-state index contributed by atoms with van der Waals surface area (Å²) in [6.45, 7) is 1.14. The number of benzene rings is 1. The minimum Gasteiger partial charge on any atom is -0.486 e. The Morgan fingerprint density at radius 1 is 1.26 bits per heavy atom. The maximum Gasteiger partial charge on any atom is 0.304 e. The van der Waals surface area contributed by atoms with Gasteiger partial charge in [0.1, 0.15) is 13.2 Å². The minimum absolute atomic E-state index is 0.0456. The summed E-state index contributed by atoms with van der Waals surface area (Å²) < 4.78 is 11.0. The quantitative estimate of drug-likeness (QED) is 0.750. The van der Waals surface area contributed by atoms with E-state index < -0.39 is 5.97 Å². The molecule has 1 fully saturated rings. The first-order chi connectivity index (χ1) is 9.22. The maximum atomic E-state index is 10.7. The van der Waals surface area contributed by atoms with Crippen molar-refractivity contribution in [2.75, 3.05) is 13.2 Å². The Kier molecular flexibility index (Phi) is 3.27. The molecule has 19 heavy (non-hydrogen) atoms. The molecule has 0 spiro atoms. The highest BCUT2D eigenvalue weighted by molar-refractivity contribution is 5.67. The number of nitrogens with one attached hydrogen (secondary N) is 2. The second kappa shape index (κ2) is 5.07.